The highest BCUT2D eigenvalue weighted by molar-refractivity contribution is 6.05. The second-order valence-corrected chi connectivity index (χ2v) is 4.62. The molecular formula is C15H16N2O2. The molecule has 1 aromatic heterocycles. The third-order valence-electron chi connectivity index (χ3n) is 2.75. The smallest absolute Gasteiger partial charge is 0.205 e. The van der Waals surface area contributed by atoms with E-state index in [2.05, 4.69) is 4.98 Å². The summed E-state index contributed by atoms with van der Waals surface area (Å²) in [6, 6.07) is 9.85. The summed E-state index contributed by atoms with van der Waals surface area (Å²) in [5.74, 6) is -0.00926. The van der Waals surface area contributed by atoms with Crippen molar-refractivity contribution in [1.29, 1.82) is 0 Å². The molecule has 0 radical (unpaired) electrons. The number of carbonyl (C=O) groups is 2. The fraction of sp³-hybridized carbons (Fsp3) is 0.267. The molecule has 0 unspecified atom stereocenters. The Morgan fingerprint density at radius 1 is 1.21 bits per heavy atom. The van der Waals surface area contributed by atoms with E-state index < -0.39 is 0 Å². The molecule has 19 heavy (non-hydrogen) atoms. The van der Waals surface area contributed by atoms with E-state index in [-0.39, 0.29) is 18.0 Å². The first-order valence-corrected chi connectivity index (χ1v) is 6.16. The summed E-state index contributed by atoms with van der Waals surface area (Å²) in [4.78, 5) is 27.2. The van der Waals surface area contributed by atoms with Gasteiger partial charge in [0.15, 0.2) is 5.82 Å². The molecule has 1 heterocycles. The average molecular weight is 256 g/mol. The first-order valence-electron chi connectivity index (χ1n) is 6.16. The summed E-state index contributed by atoms with van der Waals surface area (Å²) in [6.07, 6.45) is 1.74. The number of Topliss-reactive ketones (excluding diaryl/α,β-unsaturated/α-hetero) is 2. The van der Waals surface area contributed by atoms with Gasteiger partial charge in [0.05, 0.1) is 12.1 Å². The minimum Gasteiger partial charge on any atom is -0.324 e. The second kappa shape index (κ2) is 5.61. The molecular weight excluding hydrogens is 240 g/mol. The largest absolute Gasteiger partial charge is 0.324 e. The number of hydrogen-bond acceptors (Lipinski definition) is 3. The van der Waals surface area contributed by atoms with Crippen molar-refractivity contribution in [1.82, 2.24) is 9.55 Å². The molecule has 0 aliphatic rings. The maximum Gasteiger partial charge on any atom is 0.205 e. The van der Waals surface area contributed by atoms with Crippen LogP contribution in [0.4, 0.5) is 0 Å². The van der Waals surface area contributed by atoms with Crippen molar-refractivity contribution < 1.29 is 9.59 Å². The summed E-state index contributed by atoms with van der Waals surface area (Å²) in [7, 11) is 0. The molecule has 0 saturated heterocycles. The van der Waals surface area contributed by atoms with Gasteiger partial charge in [0.25, 0.3) is 0 Å². The third-order valence-corrected chi connectivity index (χ3v) is 2.75. The molecule has 98 valence electrons. The van der Waals surface area contributed by atoms with Gasteiger partial charge in [-0.05, 0) is 19.4 Å². The van der Waals surface area contributed by atoms with Crippen LogP contribution in [0.25, 0.3) is 0 Å². The number of hydrogen-bond donors (Lipinski definition) is 0. The standard InChI is InChI=1S/C15H16N2O2/c1-11-9-17(10-13-6-4-3-5-7-13)15(16-11)14(19)8-12(2)18/h3-7,9H,8,10H2,1-2H3. The zero-order valence-corrected chi connectivity index (χ0v) is 11.1. The van der Waals surface area contributed by atoms with Crippen LogP contribution in [-0.4, -0.2) is 21.1 Å². The number of aryl methyl sites for hydroxylation is 1. The van der Waals surface area contributed by atoms with E-state index in [1.165, 1.54) is 6.92 Å². The van der Waals surface area contributed by atoms with Crippen LogP contribution in [0.3, 0.4) is 0 Å². The van der Waals surface area contributed by atoms with Crippen molar-refractivity contribution in [2.24, 2.45) is 0 Å². The van der Waals surface area contributed by atoms with Crippen molar-refractivity contribution in [3.63, 3.8) is 0 Å². The number of rotatable bonds is 5. The van der Waals surface area contributed by atoms with Crippen LogP contribution >= 0.6 is 0 Å². The molecule has 0 bridgehead atoms. The maximum absolute atomic E-state index is 12.0. The van der Waals surface area contributed by atoms with E-state index in [4.69, 9.17) is 0 Å². The van der Waals surface area contributed by atoms with E-state index in [0.717, 1.165) is 11.3 Å². The van der Waals surface area contributed by atoms with Crippen molar-refractivity contribution in [3.8, 4) is 0 Å². The molecule has 2 rings (SSSR count). The lowest BCUT2D eigenvalue weighted by Gasteiger charge is -2.06. The van der Waals surface area contributed by atoms with Gasteiger partial charge in [-0.1, -0.05) is 30.3 Å². The van der Waals surface area contributed by atoms with E-state index >= 15 is 0 Å². The number of imidazole rings is 1. The maximum atomic E-state index is 12.0. The first kappa shape index (κ1) is 13.2. The van der Waals surface area contributed by atoms with Crippen LogP contribution in [0.1, 0.15) is 35.2 Å². The quantitative estimate of drug-likeness (QED) is 0.609. The van der Waals surface area contributed by atoms with Gasteiger partial charge in [0.1, 0.15) is 5.78 Å². The monoisotopic (exact) mass is 256 g/mol. The van der Waals surface area contributed by atoms with E-state index in [9.17, 15) is 9.59 Å². The summed E-state index contributed by atoms with van der Waals surface area (Å²) < 4.78 is 1.80. The normalized spacial score (nSPS) is 10.4. The lowest BCUT2D eigenvalue weighted by Crippen LogP contribution is -2.13. The highest BCUT2D eigenvalue weighted by Gasteiger charge is 2.16. The molecule has 4 heteroatoms. The van der Waals surface area contributed by atoms with Crippen LogP contribution in [0, 0.1) is 6.92 Å². The predicted molar refractivity (Wildman–Crippen MR) is 72.1 cm³/mol. The van der Waals surface area contributed by atoms with Gasteiger partial charge >= 0.3 is 0 Å². The Kier molecular flexibility index (Phi) is 3.90. The molecule has 0 fully saturated rings. The Labute approximate surface area is 112 Å². The SMILES string of the molecule is CC(=O)CC(=O)c1nc(C)cn1Cc1ccccc1. The van der Waals surface area contributed by atoms with Gasteiger partial charge in [-0.15, -0.1) is 0 Å². The Morgan fingerprint density at radius 3 is 2.53 bits per heavy atom. The summed E-state index contributed by atoms with van der Waals surface area (Å²) in [6.45, 7) is 3.84. The number of carbonyl (C=O) groups excluding carboxylic acids is 2. The zero-order chi connectivity index (χ0) is 13.8. The third kappa shape index (κ3) is 3.37. The highest BCUT2D eigenvalue weighted by Crippen LogP contribution is 2.10. The van der Waals surface area contributed by atoms with Crippen molar-refractivity contribution in [2.75, 3.05) is 0 Å². The van der Waals surface area contributed by atoms with Gasteiger partial charge in [-0.2, -0.15) is 0 Å². The lowest BCUT2D eigenvalue weighted by atomic mass is 10.2. The topological polar surface area (TPSA) is 52.0 Å². The van der Waals surface area contributed by atoms with E-state index in [1.807, 2.05) is 43.5 Å². The number of aromatic nitrogens is 2. The lowest BCUT2D eigenvalue weighted by molar-refractivity contribution is -0.116. The molecule has 0 spiro atoms. The first-order chi connectivity index (χ1) is 9.06. The van der Waals surface area contributed by atoms with Gasteiger partial charge in [0, 0.05) is 12.7 Å². The van der Waals surface area contributed by atoms with Crippen LogP contribution in [0.2, 0.25) is 0 Å². The van der Waals surface area contributed by atoms with Gasteiger partial charge in [-0.25, -0.2) is 4.98 Å². The molecule has 0 N–H and O–H groups in total. The predicted octanol–water partition coefficient (Wildman–Crippen LogP) is 2.40. The van der Waals surface area contributed by atoms with Gasteiger partial charge in [0.2, 0.25) is 5.78 Å². The Balaban J connectivity index is 2.26. The molecule has 1 aromatic carbocycles. The van der Waals surface area contributed by atoms with Crippen LogP contribution in [-0.2, 0) is 11.3 Å². The minimum atomic E-state index is -0.225. The molecule has 0 saturated carbocycles. The molecule has 0 aliphatic carbocycles. The summed E-state index contributed by atoms with van der Waals surface area (Å²) >= 11 is 0. The second-order valence-electron chi connectivity index (χ2n) is 4.62. The van der Waals surface area contributed by atoms with E-state index in [0.29, 0.717) is 12.4 Å². The Hall–Kier alpha value is -2.23. The molecule has 0 atom stereocenters. The number of nitrogens with zero attached hydrogens (tertiary/aromatic N) is 2. The zero-order valence-electron chi connectivity index (χ0n) is 11.1. The Morgan fingerprint density at radius 2 is 1.89 bits per heavy atom. The molecule has 0 amide bonds. The van der Waals surface area contributed by atoms with Gasteiger partial charge < -0.3 is 4.57 Å². The van der Waals surface area contributed by atoms with Crippen molar-refractivity contribution in [3.05, 3.63) is 53.6 Å². The van der Waals surface area contributed by atoms with Gasteiger partial charge in [-0.3, -0.25) is 9.59 Å². The van der Waals surface area contributed by atoms with Crippen LogP contribution in [0.15, 0.2) is 36.5 Å². The molecule has 4 nitrogen and oxygen atoms in total. The highest BCUT2D eigenvalue weighted by atomic mass is 16.1. The summed E-state index contributed by atoms with van der Waals surface area (Å²) in [5.41, 5.74) is 1.87. The van der Waals surface area contributed by atoms with Crippen LogP contribution in [0.5, 0.6) is 0 Å². The Bertz CT molecular complexity index is 600. The fourth-order valence-corrected chi connectivity index (χ4v) is 1.98. The van der Waals surface area contributed by atoms with Crippen molar-refractivity contribution in [2.45, 2.75) is 26.8 Å². The van der Waals surface area contributed by atoms with Crippen molar-refractivity contribution >= 4 is 11.6 Å². The van der Waals surface area contributed by atoms with Crippen LogP contribution < -0.4 is 0 Å². The summed E-state index contributed by atoms with van der Waals surface area (Å²) in [5, 5.41) is 0. The fourth-order valence-electron chi connectivity index (χ4n) is 1.98. The number of ketones is 2. The van der Waals surface area contributed by atoms with E-state index in [1.54, 1.807) is 4.57 Å². The minimum absolute atomic E-state index is 0.0920. The molecule has 2 aromatic rings. The molecule has 0 aliphatic heterocycles. The number of benzene rings is 1. The average Bonchev–Trinajstić information content (AvgIpc) is 2.71.